The fourth-order valence-electron chi connectivity index (χ4n) is 4.15. The number of carbonyl (C=O) groups excluding carboxylic acids is 1. The van der Waals surface area contributed by atoms with Crippen molar-refractivity contribution < 1.29 is 9.18 Å². The zero-order valence-corrected chi connectivity index (χ0v) is 18.5. The molecule has 1 saturated carbocycles. The number of amides is 1. The van der Waals surface area contributed by atoms with Gasteiger partial charge in [0.05, 0.1) is 0 Å². The molecule has 4 rings (SSSR count). The molecule has 0 bridgehead atoms. The smallest absolute Gasteiger partial charge is 0.270 e. The fraction of sp³-hybridized carbons (Fsp3) is 0.417. The summed E-state index contributed by atoms with van der Waals surface area (Å²) in [4.78, 5) is 21.5. The lowest BCUT2D eigenvalue weighted by molar-refractivity contribution is 0.0945. The Balaban J connectivity index is 1.43. The van der Waals surface area contributed by atoms with Gasteiger partial charge in [0.1, 0.15) is 17.8 Å². The van der Waals surface area contributed by atoms with Crippen LogP contribution in [0.25, 0.3) is 11.4 Å². The minimum absolute atomic E-state index is 0.260. The molecule has 7 nitrogen and oxygen atoms in total. The van der Waals surface area contributed by atoms with Gasteiger partial charge in [-0.15, -0.1) is 0 Å². The van der Waals surface area contributed by atoms with Gasteiger partial charge in [0, 0.05) is 30.4 Å². The molecule has 2 aromatic heterocycles. The molecule has 0 saturated heterocycles. The zero-order chi connectivity index (χ0) is 22.7. The van der Waals surface area contributed by atoms with Gasteiger partial charge in [0.2, 0.25) is 0 Å². The van der Waals surface area contributed by atoms with Crippen LogP contribution < -0.4 is 11.1 Å². The van der Waals surface area contributed by atoms with E-state index in [0.29, 0.717) is 41.3 Å². The van der Waals surface area contributed by atoms with E-state index >= 15 is 0 Å². The Bertz CT molecular complexity index is 1100. The summed E-state index contributed by atoms with van der Waals surface area (Å²) in [7, 11) is 0. The van der Waals surface area contributed by atoms with Crippen LogP contribution in [0.2, 0.25) is 0 Å². The lowest BCUT2D eigenvalue weighted by Crippen LogP contribution is -2.28. The first-order chi connectivity index (χ1) is 15.4. The van der Waals surface area contributed by atoms with E-state index in [1.54, 1.807) is 31.5 Å². The molecule has 0 radical (unpaired) electrons. The highest BCUT2D eigenvalue weighted by Crippen LogP contribution is 2.25. The minimum Gasteiger partial charge on any atom is -0.347 e. The third kappa shape index (κ3) is 5.37. The highest BCUT2D eigenvalue weighted by molar-refractivity contribution is 5.93. The summed E-state index contributed by atoms with van der Waals surface area (Å²) < 4.78 is 15.3. The maximum atomic E-state index is 13.4. The Labute approximate surface area is 187 Å². The van der Waals surface area contributed by atoms with Gasteiger partial charge >= 0.3 is 0 Å². The van der Waals surface area contributed by atoms with E-state index in [2.05, 4.69) is 20.4 Å². The van der Waals surface area contributed by atoms with Crippen LogP contribution in [0.4, 0.5) is 4.39 Å². The number of hydrogen-bond acceptors (Lipinski definition) is 5. The number of hydrogen-bond donors (Lipinski definition) is 2. The molecule has 1 aliphatic rings. The van der Waals surface area contributed by atoms with E-state index in [4.69, 9.17) is 5.73 Å². The number of aryl methyl sites for hydroxylation is 2. The van der Waals surface area contributed by atoms with E-state index in [9.17, 15) is 9.18 Å². The summed E-state index contributed by atoms with van der Waals surface area (Å²) in [6.07, 6.45) is 6.10. The number of pyridine rings is 1. The number of benzene rings is 1. The van der Waals surface area contributed by atoms with Gasteiger partial charge in [-0.3, -0.25) is 9.48 Å². The average Bonchev–Trinajstić information content (AvgIpc) is 3.24. The van der Waals surface area contributed by atoms with Gasteiger partial charge in [0.25, 0.3) is 5.91 Å². The topological polar surface area (TPSA) is 98.7 Å². The number of halogens is 1. The van der Waals surface area contributed by atoms with Crippen molar-refractivity contribution in [1.29, 1.82) is 0 Å². The molecule has 0 aliphatic heterocycles. The van der Waals surface area contributed by atoms with Crippen LogP contribution in [0.1, 0.15) is 53.0 Å². The molecule has 0 atom stereocenters. The van der Waals surface area contributed by atoms with Gasteiger partial charge in [-0.1, -0.05) is 12.1 Å². The van der Waals surface area contributed by atoms with Crippen LogP contribution in [0, 0.1) is 25.6 Å². The second kappa shape index (κ2) is 9.56. The molecule has 1 aromatic carbocycles. The monoisotopic (exact) mass is 436 g/mol. The van der Waals surface area contributed by atoms with Crippen molar-refractivity contribution in [3.63, 3.8) is 0 Å². The number of nitrogens with zero attached hydrogens (tertiary/aromatic N) is 4. The van der Waals surface area contributed by atoms with Crippen molar-refractivity contribution in [3.05, 3.63) is 65.0 Å². The van der Waals surface area contributed by atoms with E-state index in [1.165, 1.54) is 6.07 Å². The summed E-state index contributed by atoms with van der Waals surface area (Å²) in [6, 6.07) is 8.70. The van der Waals surface area contributed by atoms with Gasteiger partial charge in [-0.05, 0) is 74.8 Å². The lowest BCUT2D eigenvalue weighted by atomic mass is 9.86. The lowest BCUT2D eigenvalue weighted by Gasteiger charge is -2.25. The molecule has 1 fully saturated rings. The number of rotatable bonds is 6. The first-order valence-electron chi connectivity index (χ1n) is 11.0. The van der Waals surface area contributed by atoms with Crippen molar-refractivity contribution >= 4 is 5.91 Å². The molecule has 1 aliphatic carbocycles. The SMILES string of the molecule is Cc1cc(-c2ncn(CC3CCC(N)CC3)n2)cc(C(=O)NCc2ccc(F)c(C)c2)n1. The summed E-state index contributed by atoms with van der Waals surface area (Å²) in [5.41, 5.74) is 9.14. The highest BCUT2D eigenvalue weighted by atomic mass is 19.1. The van der Waals surface area contributed by atoms with Crippen molar-refractivity contribution in [1.82, 2.24) is 25.1 Å². The van der Waals surface area contributed by atoms with Crippen LogP contribution >= 0.6 is 0 Å². The quantitative estimate of drug-likeness (QED) is 0.616. The Morgan fingerprint density at radius 3 is 2.72 bits per heavy atom. The van der Waals surface area contributed by atoms with Crippen molar-refractivity contribution in [2.45, 2.75) is 58.7 Å². The van der Waals surface area contributed by atoms with E-state index in [0.717, 1.165) is 43.4 Å². The second-order valence-electron chi connectivity index (χ2n) is 8.72. The van der Waals surface area contributed by atoms with Gasteiger partial charge in [-0.2, -0.15) is 5.10 Å². The second-order valence-corrected chi connectivity index (χ2v) is 8.72. The molecule has 8 heteroatoms. The Morgan fingerprint density at radius 1 is 1.19 bits per heavy atom. The van der Waals surface area contributed by atoms with Crippen LogP contribution in [0.15, 0.2) is 36.7 Å². The summed E-state index contributed by atoms with van der Waals surface area (Å²) >= 11 is 0. The first kappa shape index (κ1) is 22.1. The van der Waals surface area contributed by atoms with E-state index < -0.39 is 0 Å². The molecule has 1 amide bonds. The van der Waals surface area contributed by atoms with E-state index in [-0.39, 0.29) is 11.7 Å². The van der Waals surface area contributed by atoms with Crippen LogP contribution in [0.5, 0.6) is 0 Å². The molecule has 0 unspecified atom stereocenters. The summed E-state index contributed by atoms with van der Waals surface area (Å²) in [6.45, 7) is 4.66. The van der Waals surface area contributed by atoms with Crippen LogP contribution in [0.3, 0.4) is 0 Å². The van der Waals surface area contributed by atoms with Crippen molar-refractivity contribution in [2.24, 2.45) is 11.7 Å². The molecular formula is C24H29FN6O. The van der Waals surface area contributed by atoms with Crippen LogP contribution in [-0.2, 0) is 13.1 Å². The molecule has 3 N–H and O–H groups in total. The third-order valence-electron chi connectivity index (χ3n) is 5.99. The highest BCUT2D eigenvalue weighted by Gasteiger charge is 2.20. The van der Waals surface area contributed by atoms with Gasteiger partial charge in [-0.25, -0.2) is 14.4 Å². The number of carbonyl (C=O) groups is 1. The Hall–Kier alpha value is -3.13. The maximum absolute atomic E-state index is 13.4. The minimum atomic E-state index is -0.296. The van der Waals surface area contributed by atoms with Gasteiger partial charge < -0.3 is 11.1 Å². The van der Waals surface area contributed by atoms with Crippen molar-refractivity contribution in [3.8, 4) is 11.4 Å². The maximum Gasteiger partial charge on any atom is 0.270 e. The summed E-state index contributed by atoms with van der Waals surface area (Å²) in [5.74, 6) is 0.588. The predicted molar refractivity (Wildman–Crippen MR) is 120 cm³/mol. The first-order valence-corrected chi connectivity index (χ1v) is 11.0. The molecular weight excluding hydrogens is 407 g/mol. The molecule has 32 heavy (non-hydrogen) atoms. The predicted octanol–water partition coefficient (Wildman–Crippen LogP) is 3.54. The van der Waals surface area contributed by atoms with Crippen LogP contribution in [-0.4, -0.2) is 31.7 Å². The standard InChI is InChI=1S/C24H29FN6O/c1-15-9-18(5-8-21(15)25)12-27-24(32)22-11-19(10-16(2)29-22)23-28-14-31(30-23)13-17-3-6-20(26)7-4-17/h5,8-11,14,17,20H,3-4,6-7,12-13,26H2,1-2H3,(H,27,32). The normalized spacial score (nSPS) is 18.5. The number of nitrogens with one attached hydrogen (secondary N) is 1. The molecule has 168 valence electrons. The van der Waals surface area contributed by atoms with Crippen molar-refractivity contribution in [2.75, 3.05) is 0 Å². The molecule has 0 spiro atoms. The number of nitrogens with two attached hydrogens (primary N) is 1. The number of aromatic nitrogens is 4. The molecule has 3 aromatic rings. The van der Waals surface area contributed by atoms with E-state index in [1.807, 2.05) is 17.7 Å². The third-order valence-corrected chi connectivity index (χ3v) is 5.99. The molecule has 2 heterocycles. The fourth-order valence-corrected chi connectivity index (χ4v) is 4.15. The Kier molecular flexibility index (Phi) is 6.60. The average molecular weight is 437 g/mol. The largest absolute Gasteiger partial charge is 0.347 e. The summed E-state index contributed by atoms with van der Waals surface area (Å²) in [5, 5.41) is 7.48. The zero-order valence-electron chi connectivity index (χ0n) is 18.5. The van der Waals surface area contributed by atoms with Gasteiger partial charge in [0.15, 0.2) is 5.82 Å². The Morgan fingerprint density at radius 2 is 1.97 bits per heavy atom.